The zero-order chi connectivity index (χ0) is 12.1. The first kappa shape index (κ1) is 14.0. The van der Waals surface area contributed by atoms with Crippen molar-refractivity contribution in [3.63, 3.8) is 0 Å². The molecule has 0 aliphatic heterocycles. The van der Waals surface area contributed by atoms with E-state index in [1.54, 1.807) is 11.3 Å². The van der Waals surface area contributed by atoms with Crippen LogP contribution in [-0.4, -0.2) is 31.6 Å². The summed E-state index contributed by atoms with van der Waals surface area (Å²) in [6.07, 6.45) is 1.09. The van der Waals surface area contributed by atoms with E-state index in [-0.39, 0.29) is 0 Å². The molecule has 2 unspecified atom stereocenters. The Kier molecular flexibility index (Phi) is 5.76. The number of hydrogen-bond donors (Lipinski definition) is 1. The van der Waals surface area contributed by atoms with Crippen molar-refractivity contribution in [2.24, 2.45) is 0 Å². The Bertz CT molecular complexity index is 312. The van der Waals surface area contributed by atoms with Gasteiger partial charge in [0.15, 0.2) is 0 Å². The van der Waals surface area contributed by atoms with Gasteiger partial charge in [0.1, 0.15) is 0 Å². The molecule has 0 fully saturated rings. The second-order valence-corrected chi connectivity index (χ2v) is 6.07. The highest BCUT2D eigenvalue weighted by Gasteiger charge is 2.13. The summed E-state index contributed by atoms with van der Waals surface area (Å²) in [6.45, 7) is 5.42. The molecule has 0 saturated carbocycles. The predicted molar refractivity (Wildman–Crippen MR) is 73.5 cm³/mol. The van der Waals surface area contributed by atoms with Gasteiger partial charge in [-0.15, -0.1) is 11.3 Å². The third-order valence-electron chi connectivity index (χ3n) is 2.89. The SMILES string of the molecule is CCC(NCC(C)N(C)C)c1ccc(Cl)s1. The normalized spacial score (nSPS) is 15.4. The number of thiophene rings is 1. The standard InChI is InChI=1S/C12H21ClN2S/c1-5-10(11-6-7-12(13)16-11)14-8-9(2)15(3)4/h6-7,9-10,14H,5,8H2,1-4H3. The van der Waals surface area contributed by atoms with Crippen LogP contribution in [0.2, 0.25) is 4.34 Å². The van der Waals surface area contributed by atoms with Crippen LogP contribution in [0.15, 0.2) is 12.1 Å². The van der Waals surface area contributed by atoms with Gasteiger partial charge in [0.2, 0.25) is 0 Å². The second kappa shape index (κ2) is 6.60. The van der Waals surface area contributed by atoms with Gasteiger partial charge in [-0.1, -0.05) is 18.5 Å². The Morgan fingerprint density at radius 3 is 2.56 bits per heavy atom. The average molecular weight is 261 g/mol. The monoisotopic (exact) mass is 260 g/mol. The molecule has 1 aromatic heterocycles. The molecule has 2 atom stereocenters. The van der Waals surface area contributed by atoms with Crippen molar-refractivity contribution < 1.29 is 0 Å². The lowest BCUT2D eigenvalue weighted by atomic mass is 10.1. The molecular weight excluding hydrogens is 240 g/mol. The molecule has 0 amide bonds. The molecule has 92 valence electrons. The maximum Gasteiger partial charge on any atom is 0.0931 e. The molecule has 2 nitrogen and oxygen atoms in total. The summed E-state index contributed by atoms with van der Waals surface area (Å²) in [6, 6.07) is 5.07. The van der Waals surface area contributed by atoms with Gasteiger partial charge in [-0.05, 0) is 39.6 Å². The molecule has 0 aliphatic rings. The lowest BCUT2D eigenvalue weighted by Crippen LogP contribution is -2.36. The quantitative estimate of drug-likeness (QED) is 0.844. The number of nitrogens with zero attached hydrogens (tertiary/aromatic N) is 1. The zero-order valence-corrected chi connectivity index (χ0v) is 12.0. The Morgan fingerprint density at radius 1 is 1.44 bits per heavy atom. The van der Waals surface area contributed by atoms with Crippen molar-refractivity contribution in [1.82, 2.24) is 10.2 Å². The maximum absolute atomic E-state index is 5.96. The molecule has 0 aromatic carbocycles. The summed E-state index contributed by atoms with van der Waals surface area (Å²) < 4.78 is 0.871. The predicted octanol–water partition coefficient (Wildman–Crippen LogP) is 3.39. The van der Waals surface area contributed by atoms with E-state index in [1.165, 1.54) is 4.88 Å². The van der Waals surface area contributed by atoms with Crippen LogP contribution in [0.25, 0.3) is 0 Å². The van der Waals surface area contributed by atoms with E-state index in [1.807, 2.05) is 6.07 Å². The van der Waals surface area contributed by atoms with E-state index < -0.39 is 0 Å². The molecular formula is C12H21ClN2S. The van der Waals surface area contributed by atoms with Crippen LogP contribution in [0.5, 0.6) is 0 Å². The van der Waals surface area contributed by atoms with Gasteiger partial charge < -0.3 is 10.2 Å². The third-order valence-corrected chi connectivity index (χ3v) is 4.23. The summed E-state index contributed by atoms with van der Waals surface area (Å²) in [5.74, 6) is 0. The molecule has 1 N–H and O–H groups in total. The van der Waals surface area contributed by atoms with E-state index in [4.69, 9.17) is 11.6 Å². The van der Waals surface area contributed by atoms with Crippen LogP contribution in [-0.2, 0) is 0 Å². The van der Waals surface area contributed by atoms with Crippen molar-refractivity contribution in [1.29, 1.82) is 0 Å². The van der Waals surface area contributed by atoms with Gasteiger partial charge in [0.25, 0.3) is 0 Å². The molecule has 4 heteroatoms. The summed E-state index contributed by atoms with van der Waals surface area (Å²) in [5, 5.41) is 3.59. The number of likely N-dealkylation sites (N-methyl/N-ethyl adjacent to an activating group) is 1. The number of halogens is 1. The van der Waals surface area contributed by atoms with E-state index in [0.717, 1.165) is 17.3 Å². The highest BCUT2D eigenvalue weighted by molar-refractivity contribution is 7.16. The molecule has 0 bridgehead atoms. The fourth-order valence-corrected chi connectivity index (χ4v) is 2.68. The van der Waals surface area contributed by atoms with E-state index in [2.05, 4.69) is 44.2 Å². The topological polar surface area (TPSA) is 15.3 Å². The number of rotatable bonds is 6. The Hall–Kier alpha value is -0.0900. The summed E-state index contributed by atoms with van der Waals surface area (Å²) in [5.41, 5.74) is 0. The minimum absolute atomic E-state index is 0.430. The van der Waals surface area contributed by atoms with Gasteiger partial charge >= 0.3 is 0 Å². The summed E-state index contributed by atoms with van der Waals surface area (Å²) in [4.78, 5) is 3.56. The zero-order valence-electron chi connectivity index (χ0n) is 10.5. The average Bonchev–Trinajstić information content (AvgIpc) is 2.65. The lowest BCUT2D eigenvalue weighted by molar-refractivity contribution is 0.292. The van der Waals surface area contributed by atoms with Crippen molar-refractivity contribution in [3.05, 3.63) is 21.3 Å². The molecule has 0 spiro atoms. The minimum Gasteiger partial charge on any atom is -0.308 e. The first-order valence-corrected chi connectivity index (χ1v) is 6.89. The van der Waals surface area contributed by atoms with Crippen molar-refractivity contribution in [3.8, 4) is 0 Å². The van der Waals surface area contributed by atoms with Gasteiger partial charge in [0, 0.05) is 23.5 Å². The second-order valence-electron chi connectivity index (χ2n) is 4.32. The van der Waals surface area contributed by atoms with Crippen LogP contribution in [0.3, 0.4) is 0 Å². The molecule has 0 radical (unpaired) electrons. The van der Waals surface area contributed by atoms with Crippen molar-refractivity contribution in [2.45, 2.75) is 32.4 Å². The van der Waals surface area contributed by atoms with Crippen molar-refractivity contribution in [2.75, 3.05) is 20.6 Å². The van der Waals surface area contributed by atoms with Gasteiger partial charge in [-0.25, -0.2) is 0 Å². The first-order chi connectivity index (χ1) is 7.54. The molecule has 16 heavy (non-hydrogen) atoms. The van der Waals surface area contributed by atoms with Crippen LogP contribution >= 0.6 is 22.9 Å². The minimum atomic E-state index is 0.430. The molecule has 1 rings (SSSR count). The summed E-state index contributed by atoms with van der Waals surface area (Å²) in [7, 11) is 4.21. The van der Waals surface area contributed by atoms with Crippen LogP contribution in [0.1, 0.15) is 31.2 Å². The Morgan fingerprint density at radius 2 is 2.12 bits per heavy atom. The fraction of sp³-hybridized carbons (Fsp3) is 0.667. The molecule has 1 aromatic rings. The van der Waals surface area contributed by atoms with Gasteiger partial charge in [-0.3, -0.25) is 0 Å². The Balaban J connectivity index is 2.50. The number of nitrogens with one attached hydrogen (secondary N) is 1. The van der Waals surface area contributed by atoms with Crippen LogP contribution < -0.4 is 5.32 Å². The van der Waals surface area contributed by atoms with Gasteiger partial charge in [0.05, 0.1) is 4.34 Å². The summed E-state index contributed by atoms with van der Waals surface area (Å²) >= 11 is 7.63. The molecule has 1 heterocycles. The third kappa shape index (κ3) is 4.06. The van der Waals surface area contributed by atoms with Gasteiger partial charge in [-0.2, -0.15) is 0 Å². The molecule has 0 saturated heterocycles. The smallest absolute Gasteiger partial charge is 0.0931 e. The van der Waals surface area contributed by atoms with E-state index in [9.17, 15) is 0 Å². The van der Waals surface area contributed by atoms with E-state index >= 15 is 0 Å². The number of hydrogen-bond acceptors (Lipinski definition) is 3. The largest absolute Gasteiger partial charge is 0.308 e. The highest BCUT2D eigenvalue weighted by Crippen LogP contribution is 2.28. The fourth-order valence-electron chi connectivity index (χ4n) is 1.46. The lowest BCUT2D eigenvalue weighted by Gasteiger charge is -2.23. The van der Waals surface area contributed by atoms with E-state index in [0.29, 0.717) is 12.1 Å². The highest BCUT2D eigenvalue weighted by atomic mass is 35.5. The molecule has 0 aliphatic carbocycles. The first-order valence-electron chi connectivity index (χ1n) is 5.69. The van der Waals surface area contributed by atoms with Crippen molar-refractivity contribution >= 4 is 22.9 Å². The Labute approximate surface area is 108 Å². The maximum atomic E-state index is 5.96. The van der Waals surface area contributed by atoms with Crippen LogP contribution in [0.4, 0.5) is 0 Å². The van der Waals surface area contributed by atoms with Crippen LogP contribution in [0, 0.1) is 0 Å².